The quantitative estimate of drug-likeness (QED) is 0.493. The van der Waals surface area contributed by atoms with E-state index in [-0.39, 0.29) is 0 Å². The Morgan fingerprint density at radius 1 is 1.18 bits per heavy atom. The molecule has 0 unspecified atom stereocenters. The minimum atomic E-state index is 0.716. The van der Waals surface area contributed by atoms with Gasteiger partial charge in [0.25, 0.3) is 0 Å². The Morgan fingerprint density at radius 2 is 1.95 bits per heavy atom. The summed E-state index contributed by atoms with van der Waals surface area (Å²) >= 11 is 1.81. The van der Waals surface area contributed by atoms with Gasteiger partial charge in [-0.05, 0) is 48.1 Å². The van der Waals surface area contributed by atoms with Crippen LogP contribution in [0.2, 0.25) is 0 Å². The third kappa shape index (κ3) is 3.23. The number of nitrogens with zero attached hydrogens (tertiary/aromatic N) is 1. The van der Waals surface area contributed by atoms with Gasteiger partial charge in [0, 0.05) is 17.7 Å². The monoisotopic (exact) mass is 314 g/mol. The van der Waals surface area contributed by atoms with Crippen LogP contribution in [-0.4, -0.2) is 14.2 Å². The second kappa shape index (κ2) is 6.63. The molecular weight excluding hydrogens is 292 g/mol. The molecular formula is C18H22N2OS. The molecule has 0 bridgehead atoms. The smallest absolute Gasteiger partial charge is 0.132 e. The lowest BCUT2D eigenvalue weighted by atomic mass is 10.0. The van der Waals surface area contributed by atoms with Crippen molar-refractivity contribution in [1.82, 2.24) is 0 Å². The lowest BCUT2D eigenvalue weighted by molar-refractivity contribution is 0.405. The van der Waals surface area contributed by atoms with E-state index < -0.39 is 0 Å². The summed E-state index contributed by atoms with van der Waals surface area (Å²) in [6.07, 6.45) is 2.59. The van der Waals surface area contributed by atoms with E-state index in [0.717, 1.165) is 17.2 Å². The molecule has 2 N–H and O–H groups in total. The van der Waals surface area contributed by atoms with E-state index in [1.807, 2.05) is 37.0 Å². The molecule has 0 radical (unpaired) electrons. The molecule has 116 valence electrons. The number of ether oxygens (including phenoxy) is 1. The number of nitrogens with two attached hydrogens (primary N) is 1. The zero-order valence-electron chi connectivity index (χ0n) is 13.1. The third-order valence-corrected chi connectivity index (χ3v) is 5.11. The summed E-state index contributed by atoms with van der Waals surface area (Å²) in [6.45, 7) is 0. The highest BCUT2D eigenvalue weighted by Crippen LogP contribution is 2.45. The van der Waals surface area contributed by atoms with Gasteiger partial charge < -0.3 is 9.75 Å². The number of hydrazine groups is 1. The number of anilines is 1. The Balaban J connectivity index is 1.87. The minimum Gasteiger partial charge on any atom is -0.496 e. The summed E-state index contributed by atoms with van der Waals surface area (Å²) in [6, 6.07) is 14.6. The van der Waals surface area contributed by atoms with Gasteiger partial charge in [0.1, 0.15) is 5.75 Å². The average molecular weight is 314 g/mol. The number of para-hydroxylation sites is 1. The first-order valence-electron chi connectivity index (χ1n) is 7.56. The fourth-order valence-corrected chi connectivity index (χ4v) is 3.83. The molecule has 22 heavy (non-hydrogen) atoms. The Morgan fingerprint density at radius 3 is 2.64 bits per heavy atom. The maximum absolute atomic E-state index is 6.03. The van der Waals surface area contributed by atoms with Crippen molar-refractivity contribution < 1.29 is 4.74 Å². The average Bonchev–Trinajstić information content (AvgIpc) is 3.37. The molecule has 0 heterocycles. The van der Waals surface area contributed by atoms with Gasteiger partial charge in [-0.15, -0.1) is 11.8 Å². The molecule has 0 aromatic heterocycles. The van der Waals surface area contributed by atoms with Crippen molar-refractivity contribution in [3.63, 3.8) is 0 Å². The van der Waals surface area contributed by atoms with Crippen LogP contribution in [0.5, 0.6) is 5.75 Å². The van der Waals surface area contributed by atoms with E-state index in [4.69, 9.17) is 10.6 Å². The van der Waals surface area contributed by atoms with Gasteiger partial charge in [-0.3, -0.25) is 0 Å². The molecule has 1 fully saturated rings. The maximum atomic E-state index is 6.03. The largest absolute Gasteiger partial charge is 0.496 e. The predicted molar refractivity (Wildman–Crippen MR) is 93.6 cm³/mol. The highest BCUT2D eigenvalue weighted by atomic mass is 32.2. The minimum absolute atomic E-state index is 0.716. The van der Waals surface area contributed by atoms with E-state index in [9.17, 15) is 0 Å². The second-order valence-electron chi connectivity index (χ2n) is 5.67. The maximum Gasteiger partial charge on any atom is 0.132 e. The number of methoxy groups -OCH3 is 1. The topological polar surface area (TPSA) is 38.5 Å². The SMILES string of the molecule is COc1ccccc1SCc1c(C2CC2)cccc1N(C)N. The summed E-state index contributed by atoms with van der Waals surface area (Å²) in [7, 11) is 3.62. The lowest BCUT2D eigenvalue weighted by Crippen LogP contribution is -2.26. The summed E-state index contributed by atoms with van der Waals surface area (Å²) in [5, 5.41) is 1.73. The first-order valence-corrected chi connectivity index (χ1v) is 8.55. The summed E-state index contributed by atoms with van der Waals surface area (Å²) in [5.41, 5.74) is 3.93. The highest BCUT2D eigenvalue weighted by molar-refractivity contribution is 7.98. The fraction of sp³-hybridized carbons (Fsp3) is 0.333. The molecule has 0 amide bonds. The third-order valence-electron chi connectivity index (χ3n) is 4.03. The van der Waals surface area contributed by atoms with E-state index in [0.29, 0.717) is 5.92 Å². The molecule has 1 saturated carbocycles. The molecule has 4 heteroatoms. The summed E-state index contributed by atoms with van der Waals surface area (Å²) < 4.78 is 5.45. The van der Waals surface area contributed by atoms with E-state index in [1.54, 1.807) is 12.1 Å². The summed E-state index contributed by atoms with van der Waals surface area (Å²) in [4.78, 5) is 1.17. The van der Waals surface area contributed by atoms with E-state index in [1.165, 1.54) is 28.9 Å². The Hall–Kier alpha value is -1.65. The Kier molecular flexibility index (Phi) is 4.60. The molecule has 1 aliphatic rings. The van der Waals surface area contributed by atoms with Gasteiger partial charge in [0.15, 0.2) is 0 Å². The van der Waals surface area contributed by atoms with Crippen LogP contribution in [-0.2, 0) is 5.75 Å². The van der Waals surface area contributed by atoms with Crippen molar-refractivity contribution in [3.05, 3.63) is 53.6 Å². The standard InChI is InChI=1S/C18H22N2OS/c1-20(19)16-7-5-6-14(13-10-11-13)15(16)12-22-18-9-4-3-8-17(18)21-2/h3-9,13H,10-12,19H2,1-2H3. The lowest BCUT2D eigenvalue weighted by Gasteiger charge is -2.20. The van der Waals surface area contributed by atoms with E-state index in [2.05, 4.69) is 24.3 Å². The van der Waals surface area contributed by atoms with Crippen LogP contribution in [0.25, 0.3) is 0 Å². The van der Waals surface area contributed by atoms with Gasteiger partial charge in [-0.1, -0.05) is 24.3 Å². The van der Waals surface area contributed by atoms with Crippen LogP contribution in [0.4, 0.5) is 5.69 Å². The fourth-order valence-electron chi connectivity index (χ4n) is 2.74. The van der Waals surface area contributed by atoms with Crippen molar-refractivity contribution in [2.75, 3.05) is 19.2 Å². The summed E-state index contributed by atoms with van der Waals surface area (Å²) in [5.74, 6) is 8.58. The molecule has 0 aliphatic heterocycles. The molecule has 2 aromatic rings. The molecule has 0 spiro atoms. The van der Waals surface area contributed by atoms with Gasteiger partial charge in [-0.25, -0.2) is 5.84 Å². The zero-order chi connectivity index (χ0) is 15.5. The number of thioether (sulfide) groups is 1. The van der Waals surface area contributed by atoms with Gasteiger partial charge in [-0.2, -0.15) is 0 Å². The number of rotatable bonds is 6. The number of hydrogen-bond donors (Lipinski definition) is 1. The highest BCUT2D eigenvalue weighted by Gasteiger charge is 2.27. The molecule has 2 aromatic carbocycles. The molecule has 0 atom stereocenters. The van der Waals surface area contributed by atoms with Crippen LogP contribution >= 0.6 is 11.8 Å². The van der Waals surface area contributed by atoms with Crippen molar-refractivity contribution in [1.29, 1.82) is 0 Å². The molecule has 3 nitrogen and oxygen atoms in total. The second-order valence-corrected chi connectivity index (χ2v) is 6.69. The first kappa shape index (κ1) is 15.3. The first-order chi connectivity index (χ1) is 10.7. The normalized spacial score (nSPS) is 14.0. The Labute approximate surface area is 136 Å². The van der Waals surface area contributed by atoms with Crippen molar-refractivity contribution in [2.24, 2.45) is 5.84 Å². The van der Waals surface area contributed by atoms with Crippen LogP contribution in [0, 0.1) is 0 Å². The van der Waals surface area contributed by atoms with Crippen LogP contribution in [0.1, 0.15) is 29.9 Å². The van der Waals surface area contributed by atoms with Crippen LogP contribution < -0.4 is 15.6 Å². The number of hydrogen-bond acceptors (Lipinski definition) is 4. The van der Waals surface area contributed by atoms with Crippen molar-refractivity contribution >= 4 is 17.4 Å². The number of benzene rings is 2. The zero-order valence-corrected chi connectivity index (χ0v) is 13.9. The van der Waals surface area contributed by atoms with Crippen LogP contribution in [0.3, 0.4) is 0 Å². The van der Waals surface area contributed by atoms with Gasteiger partial charge in [0.2, 0.25) is 0 Å². The molecule has 3 rings (SSSR count). The van der Waals surface area contributed by atoms with Gasteiger partial charge >= 0.3 is 0 Å². The van der Waals surface area contributed by atoms with Crippen LogP contribution in [0.15, 0.2) is 47.4 Å². The van der Waals surface area contributed by atoms with Crippen molar-refractivity contribution in [3.8, 4) is 5.75 Å². The molecule has 0 saturated heterocycles. The van der Waals surface area contributed by atoms with Crippen molar-refractivity contribution in [2.45, 2.75) is 29.4 Å². The van der Waals surface area contributed by atoms with E-state index >= 15 is 0 Å². The Bertz CT molecular complexity index is 633. The van der Waals surface area contributed by atoms with Gasteiger partial charge in [0.05, 0.1) is 12.8 Å². The predicted octanol–water partition coefficient (Wildman–Crippen LogP) is 4.17. The molecule has 1 aliphatic carbocycles.